The summed E-state index contributed by atoms with van der Waals surface area (Å²) in [6.07, 6.45) is 1.89. The van der Waals surface area contributed by atoms with Gasteiger partial charge in [-0.2, -0.15) is 0 Å². The zero-order valence-electron chi connectivity index (χ0n) is 5.00. The van der Waals surface area contributed by atoms with Crippen LogP contribution >= 0.6 is 11.8 Å². The van der Waals surface area contributed by atoms with E-state index >= 15 is 0 Å². The number of nitrogens with one attached hydrogen (secondary N) is 2. The van der Waals surface area contributed by atoms with Gasteiger partial charge in [-0.25, -0.2) is 0 Å². The van der Waals surface area contributed by atoms with Crippen molar-refractivity contribution in [3.05, 3.63) is 11.6 Å². The van der Waals surface area contributed by atoms with Crippen LogP contribution in [0.15, 0.2) is 11.6 Å². The van der Waals surface area contributed by atoms with Crippen molar-refractivity contribution in [2.24, 2.45) is 0 Å². The van der Waals surface area contributed by atoms with Crippen molar-refractivity contribution in [2.75, 3.05) is 13.2 Å². The third-order valence-electron chi connectivity index (χ3n) is 0.972. The average Bonchev–Trinajstić information content (AvgIpc) is 2.34. The van der Waals surface area contributed by atoms with Crippen LogP contribution in [-0.2, 0) is 0 Å². The van der Waals surface area contributed by atoms with E-state index in [1.54, 1.807) is 11.8 Å². The smallest absolute Gasteiger partial charge is 0.129 e. The van der Waals surface area contributed by atoms with Gasteiger partial charge in [0, 0.05) is 12.7 Å². The van der Waals surface area contributed by atoms with Crippen LogP contribution in [0.5, 0.6) is 0 Å². The minimum Gasteiger partial charge on any atom is -0.395 e. The van der Waals surface area contributed by atoms with Crippen LogP contribution in [-0.4, -0.2) is 23.8 Å². The molecule has 52 valence electrons. The summed E-state index contributed by atoms with van der Waals surface area (Å²) >= 11 is 1.67. The quantitative estimate of drug-likeness (QED) is 0.509. The van der Waals surface area contributed by atoms with Crippen LogP contribution in [0.2, 0.25) is 0 Å². The molecule has 0 fully saturated rings. The predicted octanol–water partition coefficient (Wildman–Crippen LogP) is -0.340. The molecule has 0 aromatic carbocycles. The van der Waals surface area contributed by atoms with E-state index in [2.05, 4.69) is 10.6 Å². The number of rotatable bonds is 3. The first-order chi connectivity index (χ1) is 4.43. The van der Waals surface area contributed by atoms with Crippen molar-refractivity contribution in [1.29, 1.82) is 0 Å². The maximum absolute atomic E-state index is 8.41. The highest BCUT2D eigenvalue weighted by molar-refractivity contribution is 8.02. The number of aliphatic hydroxyl groups is 1. The Labute approximate surface area is 58.5 Å². The van der Waals surface area contributed by atoms with Crippen LogP contribution in [0.1, 0.15) is 0 Å². The largest absolute Gasteiger partial charge is 0.395 e. The second-order valence-corrected chi connectivity index (χ2v) is 2.68. The fraction of sp³-hybridized carbons (Fsp3) is 0.600. The molecule has 1 aliphatic rings. The molecule has 1 atom stereocenters. The van der Waals surface area contributed by atoms with Gasteiger partial charge in [0.15, 0.2) is 0 Å². The SMILES string of the molecule is OCCNC1NC=CS1. The van der Waals surface area contributed by atoms with Gasteiger partial charge in [0.2, 0.25) is 0 Å². The second kappa shape index (κ2) is 3.76. The Bertz CT molecular complexity index is 99.1. The second-order valence-electron chi connectivity index (χ2n) is 1.66. The third-order valence-corrected chi connectivity index (χ3v) is 1.84. The van der Waals surface area contributed by atoms with Crippen molar-refractivity contribution in [1.82, 2.24) is 10.6 Å². The molecule has 4 heteroatoms. The first-order valence-corrected chi connectivity index (χ1v) is 3.78. The summed E-state index contributed by atoms with van der Waals surface area (Å²) in [5, 5.41) is 16.5. The molecule has 0 saturated carbocycles. The highest BCUT2D eigenvalue weighted by Gasteiger charge is 2.06. The van der Waals surface area contributed by atoms with Gasteiger partial charge < -0.3 is 10.4 Å². The minimum absolute atomic E-state index is 0.193. The summed E-state index contributed by atoms with van der Waals surface area (Å²) in [5.41, 5.74) is 0.261. The Morgan fingerprint density at radius 1 is 1.78 bits per heavy atom. The molecule has 1 heterocycles. The molecule has 3 nitrogen and oxygen atoms in total. The van der Waals surface area contributed by atoms with E-state index in [1.807, 2.05) is 11.6 Å². The van der Waals surface area contributed by atoms with Gasteiger partial charge in [-0.15, -0.1) is 0 Å². The highest BCUT2D eigenvalue weighted by atomic mass is 32.2. The van der Waals surface area contributed by atoms with Gasteiger partial charge >= 0.3 is 0 Å². The molecule has 3 N–H and O–H groups in total. The molecule has 0 saturated heterocycles. The van der Waals surface area contributed by atoms with Crippen LogP contribution in [0.4, 0.5) is 0 Å². The lowest BCUT2D eigenvalue weighted by Gasteiger charge is -2.09. The molecule has 0 radical (unpaired) electrons. The van der Waals surface area contributed by atoms with Gasteiger partial charge in [0.25, 0.3) is 0 Å². The standard InChI is InChI=1S/C5H10N2OS/c8-3-1-6-5-7-2-4-9-5/h2,4-8H,1,3H2. The normalized spacial score (nSPS) is 24.3. The van der Waals surface area contributed by atoms with Crippen LogP contribution in [0.25, 0.3) is 0 Å². The Balaban J connectivity index is 2.01. The van der Waals surface area contributed by atoms with Gasteiger partial charge in [-0.3, -0.25) is 5.32 Å². The Kier molecular flexibility index (Phi) is 2.90. The van der Waals surface area contributed by atoms with Crippen LogP contribution in [0.3, 0.4) is 0 Å². The first kappa shape index (κ1) is 6.92. The molecule has 0 amide bonds. The molecule has 0 aromatic heterocycles. The molecular formula is C5H10N2OS. The van der Waals surface area contributed by atoms with Crippen molar-refractivity contribution >= 4 is 11.8 Å². The van der Waals surface area contributed by atoms with Crippen molar-refractivity contribution in [3.63, 3.8) is 0 Å². The van der Waals surface area contributed by atoms with Crippen LogP contribution < -0.4 is 10.6 Å². The molecule has 0 aliphatic carbocycles. The summed E-state index contributed by atoms with van der Waals surface area (Å²) in [4.78, 5) is 0. The highest BCUT2D eigenvalue weighted by Crippen LogP contribution is 2.11. The van der Waals surface area contributed by atoms with E-state index < -0.39 is 0 Å². The van der Waals surface area contributed by atoms with E-state index in [9.17, 15) is 0 Å². The fourth-order valence-electron chi connectivity index (χ4n) is 0.586. The summed E-state index contributed by atoms with van der Waals surface area (Å²) in [7, 11) is 0. The molecular weight excluding hydrogens is 136 g/mol. The summed E-state index contributed by atoms with van der Waals surface area (Å²) in [6, 6.07) is 0. The third kappa shape index (κ3) is 2.26. The lowest BCUT2D eigenvalue weighted by molar-refractivity contribution is 0.290. The zero-order valence-corrected chi connectivity index (χ0v) is 5.82. The van der Waals surface area contributed by atoms with E-state index in [4.69, 9.17) is 5.11 Å². The number of hydrogen-bond acceptors (Lipinski definition) is 4. The molecule has 9 heavy (non-hydrogen) atoms. The Hall–Kier alpha value is -0.190. The van der Waals surface area contributed by atoms with E-state index in [0.29, 0.717) is 6.54 Å². The molecule has 1 aliphatic heterocycles. The maximum atomic E-state index is 8.41. The van der Waals surface area contributed by atoms with Crippen LogP contribution in [0, 0.1) is 0 Å². The van der Waals surface area contributed by atoms with Gasteiger partial charge in [-0.1, -0.05) is 11.8 Å². The molecule has 0 bridgehead atoms. The zero-order chi connectivity index (χ0) is 6.53. The van der Waals surface area contributed by atoms with Gasteiger partial charge in [-0.05, 0) is 5.41 Å². The average molecular weight is 146 g/mol. The minimum atomic E-state index is 0.193. The predicted molar refractivity (Wildman–Crippen MR) is 38.7 cm³/mol. The monoisotopic (exact) mass is 146 g/mol. The van der Waals surface area contributed by atoms with E-state index in [0.717, 1.165) is 0 Å². The lowest BCUT2D eigenvalue weighted by atomic mass is 10.7. The molecule has 1 rings (SSSR count). The van der Waals surface area contributed by atoms with E-state index in [-0.39, 0.29) is 12.1 Å². The molecule has 1 unspecified atom stereocenters. The summed E-state index contributed by atoms with van der Waals surface area (Å²) < 4.78 is 0. The van der Waals surface area contributed by atoms with Crippen molar-refractivity contribution in [2.45, 2.75) is 5.50 Å². The molecule has 0 spiro atoms. The summed E-state index contributed by atoms with van der Waals surface area (Å²) in [5.74, 6) is 0. The molecule has 0 aromatic rings. The van der Waals surface area contributed by atoms with E-state index in [1.165, 1.54) is 0 Å². The number of aliphatic hydroxyl groups excluding tert-OH is 1. The number of hydrogen-bond donors (Lipinski definition) is 3. The maximum Gasteiger partial charge on any atom is 0.129 e. The first-order valence-electron chi connectivity index (χ1n) is 2.84. The van der Waals surface area contributed by atoms with Crippen molar-refractivity contribution < 1.29 is 5.11 Å². The Morgan fingerprint density at radius 2 is 2.67 bits per heavy atom. The fourth-order valence-corrected chi connectivity index (χ4v) is 1.27. The van der Waals surface area contributed by atoms with Crippen molar-refractivity contribution in [3.8, 4) is 0 Å². The lowest BCUT2D eigenvalue weighted by Crippen LogP contribution is -2.35. The van der Waals surface area contributed by atoms with Gasteiger partial charge in [0.05, 0.1) is 6.61 Å². The summed E-state index contributed by atoms with van der Waals surface area (Å²) in [6.45, 7) is 0.838. The van der Waals surface area contributed by atoms with Gasteiger partial charge in [0.1, 0.15) is 5.50 Å². The Morgan fingerprint density at radius 3 is 3.22 bits per heavy atom. The topological polar surface area (TPSA) is 44.3 Å². The number of thioether (sulfide) groups is 1.